The van der Waals surface area contributed by atoms with E-state index in [1.165, 1.54) is 22.3 Å². The minimum absolute atomic E-state index is 0.592. The van der Waals surface area contributed by atoms with Crippen LogP contribution in [0.3, 0.4) is 0 Å². The lowest BCUT2D eigenvalue weighted by Crippen LogP contribution is -2.11. The molecule has 0 bridgehead atoms. The van der Waals surface area contributed by atoms with Crippen LogP contribution in [0.2, 0.25) is 0 Å². The summed E-state index contributed by atoms with van der Waals surface area (Å²) in [5.74, 6) is 0.917. The second kappa shape index (κ2) is 7.83. The molecule has 0 radical (unpaired) electrons. The number of hydrogen-bond acceptors (Lipinski definition) is 2. The Morgan fingerprint density at radius 2 is 1.62 bits per heavy atom. The first kappa shape index (κ1) is 16.3. The quantitative estimate of drug-likeness (QED) is 0.616. The zero-order chi connectivity index (χ0) is 17.6. The molecule has 128 valence electrons. The number of nitrogens with zero attached hydrogens (tertiary/aromatic N) is 1. The SMILES string of the molecule is C(=C\c1ccccc1)/C1=NCCc2cc(OCc3ccccc3)ccc21. The summed E-state index contributed by atoms with van der Waals surface area (Å²) in [6.45, 7) is 1.41. The van der Waals surface area contributed by atoms with E-state index >= 15 is 0 Å². The lowest BCUT2D eigenvalue weighted by molar-refractivity contribution is 0.306. The van der Waals surface area contributed by atoms with Gasteiger partial charge in [0.25, 0.3) is 0 Å². The molecule has 2 heteroatoms. The van der Waals surface area contributed by atoms with Crippen molar-refractivity contribution in [3.05, 3.63) is 107 Å². The Kier molecular flexibility index (Phi) is 4.92. The van der Waals surface area contributed by atoms with Gasteiger partial charge < -0.3 is 4.74 Å². The molecule has 2 nitrogen and oxygen atoms in total. The number of ether oxygens (including phenoxy) is 1. The van der Waals surface area contributed by atoms with Crippen molar-refractivity contribution >= 4 is 11.8 Å². The van der Waals surface area contributed by atoms with E-state index in [9.17, 15) is 0 Å². The van der Waals surface area contributed by atoms with Gasteiger partial charge in [0.1, 0.15) is 12.4 Å². The predicted octanol–water partition coefficient (Wildman–Crippen LogP) is 5.32. The fourth-order valence-electron chi connectivity index (χ4n) is 3.12. The highest BCUT2D eigenvalue weighted by Gasteiger charge is 2.13. The van der Waals surface area contributed by atoms with Gasteiger partial charge in [0.2, 0.25) is 0 Å². The Balaban J connectivity index is 1.49. The lowest BCUT2D eigenvalue weighted by Gasteiger charge is -2.16. The van der Waals surface area contributed by atoms with Gasteiger partial charge in [0, 0.05) is 12.1 Å². The molecule has 0 aliphatic carbocycles. The predicted molar refractivity (Wildman–Crippen MR) is 108 cm³/mol. The van der Waals surface area contributed by atoms with Crippen LogP contribution in [0.1, 0.15) is 22.3 Å². The van der Waals surface area contributed by atoms with Crippen molar-refractivity contribution in [1.29, 1.82) is 0 Å². The lowest BCUT2D eigenvalue weighted by atomic mass is 9.96. The van der Waals surface area contributed by atoms with Gasteiger partial charge in [-0.15, -0.1) is 0 Å². The summed E-state index contributed by atoms with van der Waals surface area (Å²) in [5, 5.41) is 0. The normalized spacial score (nSPS) is 13.3. The number of rotatable bonds is 5. The Labute approximate surface area is 154 Å². The van der Waals surface area contributed by atoms with Gasteiger partial charge in [-0.2, -0.15) is 0 Å². The van der Waals surface area contributed by atoms with Gasteiger partial charge in [-0.05, 0) is 47.4 Å². The third-order valence-corrected chi connectivity index (χ3v) is 4.50. The topological polar surface area (TPSA) is 21.6 Å². The fraction of sp³-hybridized carbons (Fsp3) is 0.125. The number of aliphatic imine (C=N–C) groups is 1. The molecule has 0 atom stereocenters. The van der Waals surface area contributed by atoms with Crippen LogP contribution in [-0.2, 0) is 13.0 Å². The molecular weight excluding hydrogens is 318 g/mol. The van der Waals surface area contributed by atoms with Crippen molar-refractivity contribution in [1.82, 2.24) is 0 Å². The van der Waals surface area contributed by atoms with Crippen LogP contribution in [-0.4, -0.2) is 12.3 Å². The van der Waals surface area contributed by atoms with Crippen LogP contribution < -0.4 is 4.74 Å². The van der Waals surface area contributed by atoms with Gasteiger partial charge in [-0.25, -0.2) is 0 Å². The standard InChI is InChI=1S/C24H21NO/c1-3-7-19(8-4-1)11-14-24-23-13-12-22(17-21(23)15-16-25-24)26-18-20-9-5-2-6-10-20/h1-14,17H,15-16,18H2/b14-11+. The van der Waals surface area contributed by atoms with Crippen LogP contribution in [0, 0.1) is 0 Å². The van der Waals surface area contributed by atoms with E-state index in [0.717, 1.165) is 24.4 Å². The number of allylic oxidation sites excluding steroid dienone is 1. The first-order valence-corrected chi connectivity index (χ1v) is 8.96. The van der Waals surface area contributed by atoms with E-state index in [1.54, 1.807) is 0 Å². The highest BCUT2D eigenvalue weighted by Crippen LogP contribution is 2.24. The van der Waals surface area contributed by atoms with Crippen LogP contribution in [0.4, 0.5) is 0 Å². The molecule has 0 fully saturated rings. The molecule has 0 amide bonds. The first-order valence-electron chi connectivity index (χ1n) is 8.96. The summed E-state index contributed by atoms with van der Waals surface area (Å²) in [7, 11) is 0. The van der Waals surface area contributed by atoms with E-state index in [-0.39, 0.29) is 0 Å². The fourth-order valence-corrected chi connectivity index (χ4v) is 3.12. The van der Waals surface area contributed by atoms with E-state index < -0.39 is 0 Å². The molecule has 0 spiro atoms. The molecule has 3 aromatic rings. The molecule has 1 aliphatic heterocycles. The van der Waals surface area contributed by atoms with Gasteiger partial charge in [-0.3, -0.25) is 4.99 Å². The Morgan fingerprint density at radius 1 is 0.846 bits per heavy atom. The van der Waals surface area contributed by atoms with Crippen molar-refractivity contribution in [3.63, 3.8) is 0 Å². The summed E-state index contributed by atoms with van der Waals surface area (Å²) in [6, 6.07) is 26.9. The number of hydrogen-bond donors (Lipinski definition) is 0. The molecular formula is C24H21NO. The Bertz CT molecular complexity index is 927. The summed E-state index contributed by atoms with van der Waals surface area (Å²) < 4.78 is 5.96. The second-order valence-electron chi connectivity index (χ2n) is 6.35. The largest absolute Gasteiger partial charge is 0.489 e. The molecule has 0 aromatic heterocycles. The number of fused-ring (bicyclic) bond motifs is 1. The first-order chi connectivity index (χ1) is 12.9. The van der Waals surface area contributed by atoms with Gasteiger partial charge in [0.15, 0.2) is 0 Å². The Hall–Kier alpha value is -3.13. The zero-order valence-corrected chi connectivity index (χ0v) is 14.6. The maximum atomic E-state index is 5.96. The van der Waals surface area contributed by atoms with Crippen molar-refractivity contribution < 1.29 is 4.74 Å². The van der Waals surface area contributed by atoms with E-state index in [1.807, 2.05) is 42.5 Å². The zero-order valence-electron chi connectivity index (χ0n) is 14.6. The van der Waals surface area contributed by atoms with Crippen LogP contribution in [0.25, 0.3) is 6.08 Å². The van der Waals surface area contributed by atoms with Crippen LogP contribution in [0.15, 0.2) is 89.9 Å². The van der Waals surface area contributed by atoms with Gasteiger partial charge in [-0.1, -0.05) is 66.7 Å². The molecule has 4 rings (SSSR count). The highest BCUT2D eigenvalue weighted by molar-refractivity contribution is 6.12. The molecule has 0 unspecified atom stereocenters. The van der Waals surface area contributed by atoms with Crippen LogP contribution in [0.5, 0.6) is 5.75 Å². The molecule has 0 N–H and O–H groups in total. The smallest absolute Gasteiger partial charge is 0.120 e. The second-order valence-corrected chi connectivity index (χ2v) is 6.35. The third-order valence-electron chi connectivity index (χ3n) is 4.50. The Morgan fingerprint density at radius 3 is 2.42 bits per heavy atom. The molecule has 0 saturated heterocycles. The average molecular weight is 339 g/mol. The van der Waals surface area contributed by atoms with Crippen molar-refractivity contribution in [3.8, 4) is 5.75 Å². The highest BCUT2D eigenvalue weighted by atomic mass is 16.5. The average Bonchev–Trinajstić information content (AvgIpc) is 2.72. The van der Waals surface area contributed by atoms with Gasteiger partial charge in [0.05, 0.1) is 5.71 Å². The van der Waals surface area contributed by atoms with E-state index in [2.05, 4.69) is 48.6 Å². The molecule has 1 aliphatic rings. The number of benzene rings is 3. The minimum atomic E-state index is 0.592. The third kappa shape index (κ3) is 3.92. The van der Waals surface area contributed by atoms with Gasteiger partial charge >= 0.3 is 0 Å². The molecule has 1 heterocycles. The summed E-state index contributed by atoms with van der Waals surface area (Å²) >= 11 is 0. The minimum Gasteiger partial charge on any atom is -0.489 e. The van der Waals surface area contributed by atoms with Crippen molar-refractivity contribution in [2.75, 3.05) is 6.54 Å². The van der Waals surface area contributed by atoms with Crippen molar-refractivity contribution in [2.24, 2.45) is 4.99 Å². The van der Waals surface area contributed by atoms with E-state index in [4.69, 9.17) is 9.73 Å². The summed E-state index contributed by atoms with van der Waals surface area (Å²) in [4.78, 5) is 4.70. The molecule has 0 saturated carbocycles. The van der Waals surface area contributed by atoms with Crippen molar-refractivity contribution in [2.45, 2.75) is 13.0 Å². The molecule has 3 aromatic carbocycles. The summed E-state index contributed by atoms with van der Waals surface area (Å²) in [6.07, 6.45) is 5.19. The van der Waals surface area contributed by atoms with Crippen LogP contribution >= 0.6 is 0 Å². The van der Waals surface area contributed by atoms with E-state index in [0.29, 0.717) is 6.61 Å². The monoisotopic (exact) mass is 339 g/mol. The maximum Gasteiger partial charge on any atom is 0.120 e. The maximum absolute atomic E-state index is 5.96. The summed E-state index contributed by atoms with van der Waals surface area (Å²) in [5.41, 5.74) is 5.92. The molecule has 26 heavy (non-hydrogen) atoms.